The number of rotatable bonds is 11. The van der Waals surface area contributed by atoms with Crippen molar-refractivity contribution in [1.29, 1.82) is 0 Å². The zero-order valence-electron chi connectivity index (χ0n) is 14.4. The first kappa shape index (κ1) is 18.9. The molecule has 1 unspecified atom stereocenters. The molecule has 4 heteroatoms. The summed E-state index contributed by atoms with van der Waals surface area (Å²) >= 11 is 0. The molecule has 4 nitrogen and oxygen atoms in total. The summed E-state index contributed by atoms with van der Waals surface area (Å²) in [7, 11) is 0. The lowest BCUT2D eigenvalue weighted by Gasteiger charge is -2.50. The fourth-order valence-electron chi connectivity index (χ4n) is 3.24. The van der Waals surface area contributed by atoms with E-state index in [9.17, 15) is 0 Å². The number of hydrogen-bond donors (Lipinski definition) is 0. The smallest absolute Gasteiger partial charge is 0.313 e. The summed E-state index contributed by atoms with van der Waals surface area (Å²) in [5.74, 6) is -1.03. The van der Waals surface area contributed by atoms with Gasteiger partial charge in [0.1, 0.15) is 5.60 Å². The minimum atomic E-state index is -1.03. The van der Waals surface area contributed by atoms with Crippen molar-refractivity contribution in [3.63, 3.8) is 0 Å². The van der Waals surface area contributed by atoms with Gasteiger partial charge in [-0.1, -0.05) is 32.6 Å². The topological polar surface area (TPSA) is 36.9 Å². The van der Waals surface area contributed by atoms with E-state index in [1.165, 1.54) is 19.3 Å². The van der Waals surface area contributed by atoms with Crippen LogP contribution >= 0.6 is 0 Å². The average molecular weight is 302 g/mol. The monoisotopic (exact) mass is 302 g/mol. The van der Waals surface area contributed by atoms with Crippen LogP contribution in [-0.2, 0) is 18.9 Å². The molecule has 1 saturated heterocycles. The Hall–Kier alpha value is -0.160. The van der Waals surface area contributed by atoms with E-state index in [1.54, 1.807) is 0 Å². The van der Waals surface area contributed by atoms with Crippen LogP contribution in [0.2, 0.25) is 0 Å². The van der Waals surface area contributed by atoms with Crippen LogP contribution in [0.3, 0.4) is 0 Å². The first-order valence-corrected chi connectivity index (χ1v) is 8.76. The third-order valence-corrected chi connectivity index (χ3v) is 4.10. The Bertz CT molecular complexity index is 254. The fourth-order valence-corrected chi connectivity index (χ4v) is 3.24. The maximum Gasteiger partial charge on any atom is 0.313 e. The highest BCUT2D eigenvalue weighted by atomic mass is 16.9. The molecule has 0 aliphatic carbocycles. The lowest BCUT2D eigenvalue weighted by molar-refractivity contribution is -0.459. The zero-order valence-corrected chi connectivity index (χ0v) is 14.4. The maximum atomic E-state index is 6.20. The molecule has 0 N–H and O–H groups in total. The highest BCUT2D eigenvalue weighted by molar-refractivity contribution is 4.94. The van der Waals surface area contributed by atoms with E-state index in [1.807, 2.05) is 20.8 Å². The van der Waals surface area contributed by atoms with Crippen molar-refractivity contribution >= 4 is 0 Å². The van der Waals surface area contributed by atoms with Crippen LogP contribution in [0, 0.1) is 0 Å². The Morgan fingerprint density at radius 2 is 1.52 bits per heavy atom. The molecule has 0 aromatic rings. The molecule has 1 rings (SSSR count). The molecule has 126 valence electrons. The normalized spacial score (nSPS) is 25.1. The van der Waals surface area contributed by atoms with Crippen LogP contribution in [0.5, 0.6) is 0 Å². The predicted molar refractivity (Wildman–Crippen MR) is 84.3 cm³/mol. The van der Waals surface area contributed by atoms with Gasteiger partial charge in [-0.05, 0) is 40.0 Å². The first-order valence-electron chi connectivity index (χ1n) is 8.76. The van der Waals surface area contributed by atoms with Gasteiger partial charge in [-0.3, -0.25) is 0 Å². The van der Waals surface area contributed by atoms with Gasteiger partial charge in [-0.15, -0.1) is 0 Å². The van der Waals surface area contributed by atoms with Gasteiger partial charge in [0.2, 0.25) is 0 Å². The second kappa shape index (κ2) is 9.78. The molecule has 1 fully saturated rings. The van der Waals surface area contributed by atoms with Gasteiger partial charge in [0, 0.05) is 19.8 Å². The maximum absolute atomic E-state index is 6.20. The van der Waals surface area contributed by atoms with Crippen molar-refractivity contribution in [2.45, 2.75) is 84.2 Å². The summed E-state index contributed by atoms with van der Waals surface area (Å²) in [6, 6.07) is 0. The van der Waals surface area contributed by atoms with Crippen LogP contribution in [-0.4, -0.2) is 38.0 Å². The molecule has 1 heterocycles. The van der Waals surface area contributed by atoms with E-state index in [-0.39, 0.29) is 0 Å². The van der Waals surface area contributed by atoms with Crippen LogP contribution in [0.4, 0.5) is 0 Å². The van der Waals surface area contributed by atoms with E-state index in [2.05, 4.69) is 6.92 Å². The van der Waals surface area contributed by atoms with Gasteiger partial charge in [0.15, 0.2) is 0 Å². The summed E-state index contributed by atoms with van der Waals surface area (Å²) in [6.45, 7) is 10.7. The van der Waals surface area contributed by atoms with Crippen molar-refractivity contribution in [3.8, 4) is 0 Å². The highest BCUT2D eigenvalue weighted by Gasteiger charge is 2.57. The van der Waals surface area contributed by atoms with Gasteiger partial charge in [0.25, 0.3) is 0 Å². The molecular weight excluding hydrogens is 268 g/mol. The largest absolute Gasteiger partial charge is 0.367 e. The first-order chi connectivity index (χ1) is 10.2. The Morgan fingerprint density at radius 3 is 2.10 bits per heavy atom. The number of unbranched alkanes of at least 4 members (excludes halogenated alkanes) is 3. The minimum Gasteiger partial charge on any atom is -0.367 e. The van der Waals surface area contributed by atoms with Gasteiger partial charge >= 0.3 is 5.97 Å². The minimum absolute atomic E-state index is 0.472. The van der Waals surface area contributed by atoms with Gasteiger partial charge in [0.05, 0.1) is 6.61 Å². The van der Waals surface area contributed by atoms with Crippen molar-refractivity contribution < 1.29 is 18.9 Å². The molecule has 0 amide bonds. The highest BCUT2D eigenvalue weighted by Crippen LogP contribution is 2.43. The standard InChI is InChI=1S/C17H34O4/c1-5-9-10-11-13-16(18-6-2)14-12-15-21-17(16,19-7-3)20-8-4/h5-15H2,1-4H3. The van der Waals surface area contributed by atoms with E-state index in [0.717, 1.165) is 25.7 Å². The van der Waals surface area contributed by atoms with Crippen LogP contribution in [0.1, 0.15) is 72.6 Å². The average Bonchev–Trinajstić information content (AvgIpc) is 2.47. The zero-order chi connectivity index (χ0) is 15.6. The number of ether oxygens (including phenoxy) is 4. The summed E-state index contributed by atoms with van der Waals surface area (Å²) in [6.07, 6.45) is 7.71. The Kier molecular flexibility index (Phi) is 8.79. The molecule has 1 atom stereocenters. The molecule has 21 heavy (non-hydrogen) atoms. The van der Waals surface area contributed by atoms with E-state index >= 15 is 0 Å². The molecule has 0 aromatic carbocycles. The van der Waals surface area contributed by atoms with Crippen molar-refractivity contribution in [2.75, 3.05) is 26.4 Å². The second-order valence-electron chi connectivity index (χ2n) is 5.61. The van der Waals surface area contributed by atoms with Crippen LogP contribution in [0.15, 0.2) is 0 Å². The number of hydrogen-bond acceptors (Lipinski definition) is 4. The molecule has 1 aliphatic heterocycles. The third kappa shape index (κ3) is 4.65. The lowest BCUT2D eigenvalue weighted by Crippen LogP contribution is -2.63. The fraction of sp³-hybridized carbons (Fsp3) is 1.00. The Labute approximate surface area is 130 Å². The van der Waals surface area contributed by atoms with Gasteiger partial charge < -0.3 is 18.9 Å². The van der Waals surface area contributed by atoms with Crippen LogP contribution in [0.25, 0.3) is 0 Å². The lowest BCUT2D eigenvalue weighted by atomic mass is 9.86. The quantitative estimate of drug-likeness (QED) is 0.422. The van der Waals surface area contributed by atoms with Crippen LogP contribution < -0.4 is 0 Å². The van der Waals surface area contributed by atoms with Gasteiger partial charge in [-0.2, -0.15) is 0 Å². The van der Waals surface area contributed by atoms with E-state index in [4.69, 9.17) is 18.9 Å². The second-order valence-corrected chi connectivity index (χ2v) is 5.61. The SMILES string of the molecule is CCCCCCC1(OCC)CCCOC1(OCC)OCC. The molecule has 1 aliphatic rings. The van der Waals surface area contributed by atoms with E-state index in [0.29, 0.717) is 26.4 Å². The van der Waals surface area contributed by atoms with Gasteiger partial charge in [-0.25, -0.2) is 0 Å². The summed E-state index contributed by atoms with van der Waals surface area (Å²) in [5.41, 5.74) is -0.472. The molecule has 0 bridgehead atoms. The Morgan fingerprint density at radius 1 is 0.857 bits per heavy atom. The summed E-state index contributed by atoms with van der Waals surface area (Å²) in [4.78, 5) is 0. The third-order valence-electron chi connectivity index (χ3n) is 4.10. The summed E-state index contributed by atoms with van der Waals surface area (Å²) in [5, 5.41) is 0. The van der Waals surface area contributed by atoms with Crippen molar-refractivity contribution in [1.82, 2.24) is 0 Å². The predicted octanol–water partition coefficient (Wildman–Crippen LogP) is 4.27. The van der Waals surface area contributed by atoms with Crippen molar-refractivity contribution in [2.24, 2.45) is 0 Å². The molecule has 0 aromatic heterocycles. The van der Waals surface area contributed by atoms with Crippen molar-refractivity contribution in [3.05, 3.63) is 0 Å². The molecule has 0 radical (unpaired) electrons. The Balaban J connectivity index is 2.90. The summed E-state index contributed by atoms with van der Waals surface area (Å²) < 4.78 is 24.1. The molecule has 0 saturated carbocycles. The molecule has 0 spiro atoms. The molecular formula is C17H34O4. The van der Waals surface area contributed by atoms with E-state index < -0.39 is 11.6 Å².